The Morgan fingerprint density at radius 1 is 1.32 bits per heavy atom. The highest BCUT2D eigenvalue weighted by Crippen LogP contribution is 2.37. The summed E-state index contributed by atoms with van der Waals surface area (Å²) >= 11 is 3.21. The van der Waals surface area contributed by atoms with Crippen LogP contribution in [-0.4, -0.2) is 19.3 Å². The molecule has 1 aliphatic rings. The van der Waals surface area contributed by atoms with Gasteiger partial charge in [0, 0.05) is 23.3 Å². The second-order valence-corrected chi connectivity index (χ2v) is 5.62. The van der Waals surface area contributed by atoms with E-state index in [-0.39, 0.29) is 17.8 Å². The molecular weight excluding hydrogens is 323 g/mol. The number of alkyl halides is 3. The van der Waals surface area contributed by atoms with Gasteiger partial charge in [0.1, 0.15) is 0 Å². The Morgan fingerprint density at radius 2 is 2.05 bits per heavy atom. The molecule has 2 nitrogen and oxygen atoms in total. The third-order valence-corrected chi connectivity index (χ3v) is 3.86. The largest absolute Gasteiger partial charge is 0.418 e. The van der Waals surface area contributed by atoms with Gasteiger partial charge in [-0.25, -0.2) is 0 Å². The van der Waals surface area contributed by atoms with Gasteiger partial charge in [0.2, 0.25) is 0 Å². The highest BCUT2D eigenvalue weighted by Gasteiger charge is 2.34. The van der Waals surface area contributed by atoms with Crippen molar-refractivity contribution in [2.75, 3.05) is 12.4 Å². The fourth-order valence-electron chi connectivity index (χ4n) is 2.39. The van der Waals surface area contributed by atoms with Crippen molar-refractivity contribution >= 4 is 21.6 Å². The first-order chi connectivity index (χ1) is 8.90. The van der Waals surface area contributed by atoms with Gasteiger partial charge in [-0.15, -0.1) is 0 Å². The second-order valence-electron chi connectivity index (χ2n) is 4.70. The Hall–Kier alpha value is -0.750. The molecule has 2 unspecified atom stereocenters. The number of nitrogens with one attached hydrogen (secondary N) is 1. The van der Waals surface area contributed by atoms with Gasteiger partial charge in [0.25, 0.3) is 0 Å². The van der Waals surface area contributed by atoms with Gasteiger partial charge in [-0.1, -0.05) is 15.9 Å². The zero-order chi connectivity index (χ0) is 14.0. The molecule has 0 aliphatic heterocycles. The molecule has 1 saturated carbocycles. The molecule has 1 aliphatic carbocycles. The molecule has 1 N–H and O–H groups in total. The summed E-state index contributed by atoms with van der Waals surface area (Å²) in [5.74, 6) is 0. The number of anilines is 1. The molecule has 106 valence electrons. The zero-order valence-electron chi connectivity index (χ0n) is 10.4. The van der Waals surface area contributed by atoms with E-state index in [2.05, 4.69) is 21.2 Å². The van der Waals surface area contributed by atoms with Crippen LogP contribution in [0.1, 0.15) is 24.8 Å². The van der Waals surface area contributed by atoms with Crippen molar-refractivity contribution in [3.05, 3.63) is 28.2 Å². The third-order valence-electron chi connectivity index (χ3n) is 3.36. The van der Waals surface area contributed by atoms with Crippen molar-refractivity contribution in [3.8, 4) is 0 Å². The van der Waals surface area contributed by atoms with Gasteiger partial charge in [0.15, 0.2) is 0 Å². The molecule has 0 bridgehead atoms. The van der Waals surface area contributed by atoms with Crippen molar-refractivity contribution in [2.45, 2.75) is 37.6 Å². The van der Waals surface area contributed by atoms with Gasteiger partial charge in [-0.05, 0) is 37.5 Å². The minimum Gasteiger partial charge on any atom is -0.382 e. The number of benzene rings is 1. The van der Waals surface area contributed by atoms with Crippen LogP contribution in [0.2, 0.25) is 0 Å². The van der Waals surface area contributed by atoms with Crippen LogP contribution in [0, 0.1) is 0 Å². The van der Waals surface area contributed by atoms with Crippen LogP contribution >= 0.6 is 15.9 Å². The van der Waals surface area contributed by atoms with E-state index in [1.54, 1.807) is 7.11 Å². The molecule has 0 heterocycles. The smallest absolute Gasteiger partial charge is 0.382 e. The highest BCUT2D eigenvalue weighted by atomic mass is 79.9. The number of hydrogen-bond donors (Lipinski definition) is 1. The lowest BCUT2D eigenvalue weighted by Crippen LogP contribution is -2.20. The third kappa shape index (κ3) is 3.63. The van der Waals surface area contributed by atoms with Crippen molar-refractivity contribution < 1.29 is 17.9 Å². The lowest BCUT2D eigenvalue weighted by Gasteiger charge is -2.19. The lowest BCUT2D eigenvalue weighted by atomic mass is 10.1. The average Bonchev–Trinajstić information content (AvgIpc) is 2.75. The van der Waals surface area contributed by atoms with Gasteiger partial charge >= 0.3 is 6.18 Å². The van der Waals surface area contributed by atoms with Crippen LogP contribution in [0.25, 0.3) is 0 Å². The van der Waals surface area contributed by atoms with E-state index in [4.69, 9.17) is 4.74 Å². The number of rotatable bonds is 3. The molecular formula is C13H15BrF3NO. The standard InChI is InChI=1S/C13H15BrF3NO/c1-19-10-4-3-9(7-10)18-12-6-8(14)2-5-11(12)13(15,16)17/h2,5-6,9-10,18H,3-4,7H2,1H3. The Kier molecular flexibility index (Phi) is 4.40. The Morgan fingerprint density at radius 3 is 2.63 bits per heavy atom. The van der Waals surface area contributed by atoms with E-state index in [1.807, 2.05) is 0 Å². The summed E-state index contributed by atoms with van der Waals surface area (Å²) in [6.45, 7) is 0. The first-order valence-corrected chi connectivity index (χ1v) is 6.85. The van der Waals surface area contributed by atoms with E-state index in [9.17, 15) is 13.2 Å². The minimum atomic E-state index is -4.34. The van der Waals surface area contributed by atoms with Gasteiger partial charge < -0.3 is 10.1 Å². The monoisotopic (exact) mass is 337 g/mol. The minimum absolute atomic E-state index is 0.0281. The highest BCUT2D eigenvalue weighted by molar-refractivity contribution is 9.10. The molecule has 19 heavy (non-hydrogen) atoms. The summed E-state index contributed by atoms with van der Waals surface area (Å²) < 4.78 is 44.6. The number of ether oxygens (including phenoxy) is 1. The normalized spacial score (nSPS) is 23.6. The molecule has 0 radical (unpaired) electrons. The topological polar surface area (TPSA) is 21.3 Å². The van der Waals surface area contributed by atoms with Gasteiger partial charge in [-0.3, -0.25) is 0 Å². The summed E-state index contributed by atoms with van der Waals surface area (Å²) in [6.07, 6.45) is -1.77. The Balaban J connectivity index is 2.17. The first-order valence-electron chi connectivity index (χ1n) is 6.06. The maximum absolute atomic E-state index is 12.9. The predicted octanol–water partition coefficient (Wildman–Crippen LogP) is 4.45. The van der Waals surface area contributed by atoms with E-state index < -0.39 is 11.7 Å². The SMILES string of the molecule is COC1CCC(Nc2cc(Br)ccc2C(F)(F)F)C1. The maximum atomic E-state index is 12.9. The molecule has 0 saturated heterocycles. The van der Waals surface area contributed by atoms with Crippen molar-refractivity contribution in [1.82, 2.24) is 0 Å². The molecule has 0 aromatic heterocycles. The average molecular weight is 338 g/mol. The molecule has 2 rings (SSSR count). The summed E-state index contributed by atoms with van der Waals surface area (Å²) in [7, 11) is 1.63. The van der Waals surface area contributed by atoms with Crippen LogP contribution in [0.5, 0.6) is 0 Å². The second kappa shape index (κ2) is 5.71. The summed E-state index contributed by atoms with van der Waals surface area (Å²) in [5, 5.41) is 2.99. The molecule has 1 aromatic carbocycles. The van der Waals surface area contributed by atoms with E-state index in [0.29, 0.717) is 4.47 Å². The summed E-state index contributed by atoms with van der Waals surface area (Å²) in [5.41, 5.74) is -0.500. The van der Waals surface area contributed by atoms with Crippen molar-refractivity contribution in [3.63, 3.8) is 0 Å². The molecule has 1 fully saturated rings. The number of halogens is 4. The lowest BCUT2D eigenvalue weighted by molar-refractivity contribution is -0.137. The summed E-state index contributed by atoms with van der Waals surface area (Å²) in [6, 6.07) is 4.00. The van der Waals surface area contributed by atoms with Crippen LogP contribution < -0.4 is 5.32 Å². The number of methoxy groups -OCH3 is 1. The molecule has 2 atom stereocenters. The predicted molar refractivity (Wildman–Crippen MR) is 71.2 cm³/mol. The maximum Gasteiger partial charge on any atom is 0.418 e. The molecule has 6 heteroatoms. The summed E-state index contributed by atoms with van der Waals surface area (Å²) in [4.78, 5) is 0. The molecule has 0 amide bonds. The molecule has 0 spiro atoms. The number of hydrogen-bond acceptors (Lipinski definition) is 2. The first kappa shape index (κ1) is 14.7. The van der Waals surface area contributed by atoms with Gasteiger partial charge in [0.05, 0.1) is 11.7 Å². The zero-order valence-corrected chi connectivity index (χ0v) is 12.0. The van der Waals surface area contributed by atoms with Crippen LogP contribution in [-0.2, 0) is 10.9 Å². The van der Waals surface area contributed by atoms with E-state index in [0.717, 1.165) is 25.3 Å². The van der Waals surface area contributed by atoms with Crippen molar-refractivity contribution in [1.29, 1.82) is 0 Å². The Labute approximate surface area is 118 Å². The van der Waals surface area contributed by atoms with Crippen LogP contribution in [0.4, 0.5) is 18.9 Å². The van der Waals surface area contributed by atoms with E-state index in [1.165, 1.54) is 12.1 Å². The van der Waals surface area contributed by atoms with Gasteiger partial charge in [-0.2, -0.15) is 13.2 Å². The molecule has 1 aromatic rings. The van der Waals surface area contributed by atoms with Crippen molar-refractivity contribution in [2.24, 2.45) is 0 Å². The van der Waals surface area contributed by atoms with Crippen LogP contribution in [0.3, 0.4) is 0 Å². The fraction of sp³-hybridized carbons (Fsp3) is 0.538. The van der Waals surface area contributed by atoms with E-state index >= 15 is 0 Å². The Bertz CT molecular complexity index is 450. The van der Waals surface area contributed by atoms with Crippen LogP contribution in [0.15, 0.2) is 22.7 Å². The quantitative estimate of drug-likeness (QED) is 0.879. The fourth-order valence-corrected chi connectivity index (χ4v) is 2.75.